The number of sulfonamides is 1. The zero-order valence-electron chi connectivity index (χ0n) is 15.2. The highest BCUT2D eigenvalue weighted by atomic mass is 32.2. The van der Waals surface area contributed by atoms with Crippen molar-refractivity contribution in [2.24, 2.45) is 0 Å². The van der Waals surface area contributed by atoms with Crippen molar-refractivity contribution in [1.82, 2.24) is 9.88 Å². The lowest BCUT2D eigenvalue weighted by Gasteiger charge is -2.23. The summed E-state index contributed by atoms with van der Waals surface area (Å²) in [5.41, 5.74) is 0.805. The Balaban J connectivity index is 1.66. The average Bonchev–Trinajstić information content (AvgIpc) is 3.49. The molecule has 7 nitrogen and oxygen atoms in total. The van der Waals surface area contributed by atoms with Crippen molar-refractivity contribution < 1.29 is 17.6 Å². The number of aromatic nitrogens is 1. The summed E-state index contributed by atoms with van der Waals surface area (Å²) in [6, 6.07) is 13.7. The average molecular weight is 399 g/mol. The minimum Gasteiger partial charge on any atom is -0.467 e. The van der Waals surface area contributed by atoms with Gasteiger partial charge in [-0.1, -0.05) is 18.2 Å². The maximum atomic E-state index is 13.4. The van der Waals surface area contributed by atoms with Crippen LogP contribution in [0.4, 0.5) is 5.69 Å². The lowest BCUT2D eigenvalue weighted by molar-refractivity contribution is 0.0787. The number of hydrogen-bond donors (Lipinski definition) is 1. The number of amides is 1. The Morgan fingerprint density at radius 2 is 1.86 bits per heavy atom. The van der Waals surface area contributed by atoms with Gasteiger partial charge in [0, 0.05) is 19.3 Å². The zero-order valence-corrected chi connectivity index (χ0v) is 16.1. The molecular formula is C20H21N3O4S. The summed E-state index contributed by atoms with van der Waals surface area (Å²) in [6.07, 6.45) is 4.83. The summed E-state index contributed by atoms with van der Waals surface area (Å²) in [6.45, 7) is 1.46. The van der Waals surface area contributed by atoms with E-state index in [1.54, 1.807) is 41.3 Å². The van der Waals surface area contributed by atoms with Crippen LogP contribution in [0.15, 0.2) is 70.3 Å². The van der Waals surface area contributed by atoms with Gasteiger partial charge in [0.1, 0.15) is 16.3 Å². The number of aromatic amines is 1. The first-order valence-electron chi connectivity index (χ1n) is 9.13. The fourth-order valence-corrected chi connectivity index (χ4v) is 4.74. The van der Waals surface area contributed by atoms with Crippen LogP contribution in [0.3, 0.4) is 0 Å². The van der Waals surface area contributed by atoms with Crippen LogP contribution in [-0.2, 0) is 16.6 Å². The number of likely N-dealkylation sites (tertiary alicyclic amines) is 1. The number of rotatable bonds is 6. The Morgan fingerprint density at radius 1 is 1.11 bits per heavy atom. The maximum absolute atomic E-state index is 13.4. The molecule has 1 aliphatic rings. The largest absolute Gasteiger partial charge is 0.467 e. The highest BCUT2D eigenvalue weighted by Gasteiger charge is 2.29. The summed E-state index contributed by atoms with van der Waals surface area (Å²) in [4.78, 5) is 17.2. The molecule has 0 atom stereocenters. The normalized spacial score (nSPS) is 14.4. The molecule has 1 fully saturated rings. The van der Waals surface area contributed by atoms with E-state index in [1.807, 2.05) is 6.07 Å². The molecule has 1 saturated heterocycles. The fraction of sp³-hybridized carbons (Fsp3) is 0.250. The number of anilines is 1. The molecule has 0 radical (unpaired) electrons. The summed E-state index contributed by atoms with van der Waals surface area (Å²) >= 11 is 0. The van der Waals surface area contributed by atoms with Gasteiger partial charge in [0.05, 0.1) is 18.5 Å². The van der Waals surface area contributed by atoms with Gasteiger partial charge in [0.15, 0.2) is 0 Å². The Kier molecular flexibility index (Phi) is 4.95. The molecule has 3 heterocycles. The van der Waals surface area contributed by atoms with Crippen molar-refractivity contribution in [3.05, 3.63) is 72.4 Å². The van der Waals surface area contributed by atoms with Crippen LogP contribution in [0.5, 0.6) is 0 Å². The number of furan rings is 1. The molecule has 0 unspecified atom stereocenters. The molecule has 0 saturated carbocycles. The summed E-state index contributed by atoms with van der Waals surface area (Å²) in [7, 11) is -3.90. The molecule has 28 heavy (non-hydrogen) atoms. The number of benzene rings is 1. The Hall–Kier alpha value is -3.00. The van der Waals surface area contributed by atoms with Crippen LogP contribution in [0.2, 0.25) is 0 Å². The fourth-order valence-electron chi connectivity index (χ4n) is 3.32. The van der Waals surface area contributed by atoms with E-state index in [1.165, 1.54) is 22.8 Å². The summed E-state index contributed by atoms with van der Waals surface area (Å²) in [5.74, 6) is 0.354. The molecule has 3 aromatic rings. The smallest absolute Gasteiger partial charge is 0.270 e. The molecule has 8 heteroatoms. The quantitative estimate of drug-likeness (QED) is 0.689. The standard InChI is InChI=1S/C20H21N3O4S/c24-20(22-10-4-5-11-22)19-13-18(14-21-19)28(25,26)23(15-17-9-6-12-27-17)16-7-2-1-3-8-16/h1-3,6-9,12-14,21H,4-5,10-11,15H2. The third kappa shape index (κ3) is 3.55. The van der Waals surface area contributed by atoms with Crippen LogP contribution in [0.1, 0.15) is 29.1 Å². The number of nitrogens with one attached hydrogen (secondary N) is 1. The molecule has 0 spiro atoms. The molecule has 4 rings (SSSR count). The SMILES string of the molecule is O=C(c1cc(S(=O)(=O)N(Cc2ccco2)c2ccccc2)c[nH]1)N1CCCC1. The zero-order chi connectivity index (χ0) is 19.6. The van der Waals surface area contributed by atoms with Gasteiger partial charge in [-0.25, -0.2) is 8.42 Å². The van der Waals surface area contributed by atoms with Crippen LogP contribution in [0.25, 0.3) is 0 Å². The number of para-hydroxylation sites is 1. The maximum Gasteiger partial charge on any atom is 0.270 e. The van der Waals surface area contributed by atoms with Crippen molar-refractivity contribution in [1.29, 1.82) is 0 Å². The van der Waals surface area contributed by atoms with Crippen molar-refractivity contribution >= 4 is 21.6 Å². The second kappa shape index (κ2) is 7.55. The van der Waals surface area contributed by atoms with E-state index in [0.717, 1.165) is 12.8 Å². The topological polar surface area (TPSA) is 86.6 Å². The van der Waals surface area contributed by atoms with Crippen molar-refractivity contribution in [3.8, 4) is 0 Å². The van der Waals surface area contributed by atoms with Gasteiger partial charge in [-0.15, -0.1) is 0 Å². The molecule has 1 aliphatic heterocycles. The first kappa shape index (κ1) is 18.4. The van der Waals surface area contributed by atoms with Gasteiger partial charge in [0.2, 0.25) is 0 Å². The molecule has 2 aromatic heterocycles. The van der Waals surface area contributed by atoms with E-state index in [-0.39, 0.29) is 23.0 Å². The van der Waals surface area contributed by atoms with E-state index in [0.29, 0.717) is 24.5 Å². The van der Waals surface area contributed by atoms with E-state index in [9.17, 15) is 13.2 Å². The molecular weight excluding hydrogens is 378 g/mol. The third-order valence-electron chi connectivity index (χ3n) is 4.79. The van der Waals surface area contributed by atoms with Crippen molar-refractivity contribution in [2.45, 2.75) is 24.3 Å². The second-order valence-electron chi connectivity index (χ2n) is 6.67. The van der Waals surface area contributed by atoms with Crippen molar-refractivity contribution in [2.75, 3.05) is 17.4 Å². The molecule has 1 N–H and O–H groups in total. The van der Waals surface area contributed by atoms with E-state index in [4.69, 9.17) is 4.42 Å². The molecule has 1 amide bonds. The highest BCUT2D eigenvalue weighted by Crippen LogP contribution is 2.27. The molecule has 146 valence electrons. The lowest BCUT2D eigenvalue weighted by Crippen LogP contribution is -2.30. The van der Waals surface area contributed by atoms with Crippen LogP contribution >= 0.6 is 0 Å². The van der Waals surface area contributed by atoms with E-state index in [2.05, 4.69) is 4.98 Å². The summed E-state index contributed by atoms with van der Waals surface area (Å²) < 4.78 is 33.3. The number of carbonyl (C=O) groups is 1. The Bertz CT molecular complexity index is 1040. The molecule has 0 aliphatic carbocycles. The van der Waals surface area contributed by atoms with E-state index >= 15 is 0 Å². The number of H-pyrrole nitrogens is 1. The first-order chi connectivity index (χ1) is 13.6. The Labute approximate surface area is 163 Å². The first-order valence-corrected chi connectivity index (χ1v) is 10.6. The minimum absolute atomic E-state index is 0.0467. The van der Waals surface area contributed by atoms with Gasteiger partial charge < -0.3 is 14.3 Å². The number of hydrogen-bond acceptors (Lipinski definition) is 4. The third-order valence-corrected chi connectivity index (χ3v) is 6.54. The minimum atomic E-state index is -3.90. The van der Waals surface area contributed by atoms with Gasteiger partial charge in [-0.2, -0.15) is 0 Å². The van der Waals surface area contributed by atoms with E-state index < -0.39 is 10.0 Å². The predicted octanol–water partition coefficient (Wildman–Crippen LogP) is 3.24. The number of nitrogens with zero attached hydrogens (tertiary/aromatic N) is 2. The van der Waals surface area contributed by atoms with Gasteiger partial charge >= 0.3 is 0 Å². The highest BCUT2D eigenvalue weighted by molar-refractivity contribution is 7.92. The predicted molar refractivity (Wildman–Crippen MR) is 104 cm³/mol. The molecule has 0 bridgehead atoms. The van der Waals surface area contributed by atoms with Gasteiger partial charge in [0.25, 0.3) is 15.9 Å². The molecule has 1 aromatic carbocycles. The monoisotopic (exact) mass is 399 g/mol. The lowest BCUT2D eigenvalue weighted by atomic mass is 10.3. The number of carbonyl (C=O) groups excluding carboxylic acids is 1. The second-order valence-corrected chi connectivity index (χ2v) is 8.54. The Morgan fingerprint density at radius 3 is 2.54 bits per heavy atom. The van der Waals surface area contributed by atoms with Gasteiger partial charge in [-0.3, -0.25) is 9.10 Å². The van der Waals surface area contributed by atoms with Crippen LogP contribution in [0, 0.1) is 0 Å². The van der Waals surface area contributed by atoms with Crippen molar-refractivity contribution in [3.63, 3.8) is 0 Å². The van der Waals surface area contributed by atoms with Crippen LogP contribution in [-0.4, -0.2) is 37.3 Å². The van der Waals surface area contributed by atoms with Gasteiger partial charge in [-0.05, 0) is 43.2 Å². The van der Waals surface area contributed by atoms with Crippen LogP contribution < -0.4 is 4.31 Å². The summed E-state index contributed by atoms with van der Waals surface area (Å²) in [5, 5.41) is 0.